The number of rotatable bonds is 7. The maximum absolute atomic E-state index is 13.7. The average Bonchev–Trinajstić information content (AvgIpc) is 3.58. The molecule has 0 bridgehead atoms. The number of para-hydroxylation sites is 1. The molecule has 2 aromatic carbocycles. The third-order valence-corrected chi connectivity index (χ3v) is 6.71. The summed E-state index contributed by atoms with van der Waals surface area (Å²) in [6.07, 6.45) is 6.25. The van der Waals surface area contributed by atoms with Crippen LogP contribution in [0, 0.1) is 0 Å². The normalized spacial score (nSPS) is 16.4. The van der Waals surface area contributed by atoms with Crippen LogP contribution in [0.1, 0.15) is 54.9 Å². The number of H-pyrrole nitrogens is 1. The summed E-state index contributed by atoms with van der Waals surface area (Å²) in [4.78, 5) is 31.5. The number of fused-ring (bicyclic) bond motifs is 1. The first-order valence-corrected chi connectivity index (χ1v) is 12.1. The van der Waals surface area contributed by atoms with E-state index in [0.29, 0.717) is 25.1 Å². The number of nitrogens with zero attached hydrogens (tertiary/aromatic N) is 2. The molecular weight excluding hydrogens is 454 g/mol. The highest BCUT2D eigenvalue weighted by molar-refractivity contribution is 6.16. The van der Waals surface area contributed by atoms with Crippen molar-refractivity contribution in [2.45, 2.75) is 45.2 Å². The van der Waals surface area contributed by atoms with Gasteiger partial charge in [-0.1, -0.05) is 63.2 Å². The van der Waals surface area contributed by atoms with E-state index in [2.05, 4.69) is 25.8 Å². The molecule has 0 radical (unpaired) electrons. The molecule has 0 aliphatic carbocycles. The number of nitrogens with one attached hydrogen (secondary N) is 1. The third kappa shape index (κ3) is 4.33. The second-order valence-electron chi connectivity index (χ2n) is 10.2. The van der Waals surface area contributed by atoms with Crippen molar-refractivity contribution in [3.05, 3.63) is 102 Å². The number of imidazole rings is 1. The minimum absolute atomic E-state index is 0.0393. The fourth-order valence-electron chi connectivity index (χ4n) is 4.74. The number of Topliss-reactive ketones (excluding diaryl/α,β-unsaturated/α-hetero) is 1. The van der Waals surface area contributed by atoms with Crippen molar-refractivity contribution >= 4 is 22.7 Å². The number of furan rings is 1. The Morgan fingerprint density at radius 3 is 2.56 bits per heavy atom. The first-order valence-electron chi connectivity index (χ1n) is 12.1. The largest absolute Gasteiger partial charge is 0.503 e. The number of carbonyl (C=O) groups is 2. The van der Waals surface area contributed by atoms with Gasteiger partial charge in [0, 0.05) is 18.4 Å². The molecule has 2 N–H and O–H groups in total. The van der Waals surface area contributed by atoms with E-state index < -0.39 is 23.5 Å². The van der Waals surface area contributed by atoms with E-state index >= 15 is 0 Å². The number of amides is 1. The SMILES string of the molecule is CC(C)(C)c1ccc(C2C(C(=O)c3cc4ccccc4o3)=C(O)C(=O)N2CCC[n+]2cc[nH]c2)cc1. The average molecular weight is 485 g/mol. The van der Waals surface area contributed by atoms with Crippen molar-refractivity contribution in [1.29, 1.82) is 0 Å². The van der Waals surface area contributed by atoms with Crippen LogP contribution in [0.2, 0.25) is 0 Å². The van der Waals surface area contributed by atoms with Crippen LogP contribution in [0.5, 0.6) is 0 Å². The quantitative estimate of drug-likeness (QED) is 0.285. The van der Waals surface area contributed by atoms with E-state index in [0.717, 1.165) is 16.5 Å². The van der Waals surface area contributed by atoms with Crippen molar-refractivity contribution in [1.82, 2.24) is 9.88 Å². The Hall–Kier alpha value is -4.13. The van der Waals surface area contributed by atoms with Gasteiger partial charge >= 0.3 is 0 Å². The summed E-state index contributed by atoms with van der Waals surface area (Å²) < 4.78 is 7.80. The summed E-state index contributed by atoms with van der Waals surface area (Å²) in [6.45, 7) is 7.47. The Balaban J connectivity index is 1.51. The summed E-state index contributed by atoms with van der Waals surface area (Å²) in [7, 11) is 0. The third-order valence-electron chi connectivity index (χ3n) is 6.71. The predicted molar refractivity (Wildman–Crippen MR) is 135 cm³/mol. The van der Waals surface area contributed by atoms with Gasteiger partial charge in [-0.15, -0.1) is 0 Å². The van der Waals surface area contributed by atoms with Gasteiger partial charge in [-0.25, -0.2) is 4.57 Å². The van der Waals surface area contributed by atoms with Crippen molar-refractivity contribution in [2.24, 2.45) is 0 Å². The molecule has 0 fully saturated rings. The van der Waals surface area contributed by atoms with Gasteiger partial charge in [0.25, 0.3) is 5.91 Å². The molecule has 7 nitrogen and oxygen atoms in total. The van der Waals surface area contributed by atoms with Gasteiger partial charge in [0.05, 0.1) is 18.2 Å². The Bertz CT molecular complexity index is 1410. The zero-order chi connectivity index (χ0) is 25.4. The standard InChI is InChI=1S/C29H29N3O4/c1-29(2,3)21-11-9-19(10-12-21)25-24(26(33)23-17-20-7-4-5-8-22(20)36-23)27(34)28(35)32(25)15-6-14-31-16-13-30-18-31/h4-5,7-13,16-18,25H,6,14-15H2,1-3H3,(H,33,34)/p+1. The molecule has 36 heavy (non-hydrogen) atoms. The van der Waals surface area contributed by atoms with Crippen molar-refractivity contribution in [3.8, 4) is 0 Å². The first kappa shape index (κ1) is 23.6. The highest BCUT2D eigenvalue weighted by atomic mass is 16.3. The number of aliphatic hydroxyl groups is 1. The second-order valence-corrected chi connectivity index (χ2v) is 10.2. The van der Waals surface area contributed by atoms with E-state index in [4.69, 9.17) is 4.42 Å². The molecule has 7 heteroatoms. The van der Waals surface area contributed by atoms with Crippen LogP contribution in [-0.2, 0) is 16.8 Å². The molecule has 1 amide bonds. The van der Waals surface area contributed by atoms with Crippen LogP contribution in [0.3, 0.4) is 0 Å². The number of benzene rings is 2. The van der Waals surface area contributed by atoms with E-state index in [-0.39, 0.29) is 16.7 Å². The highest BCUT2D eigenvalue weighted by Crippen LogP contribution is 2.40. The van der Waals surface area contributed by atoms with E-state index in [9.17, 15) is 14.7 Å². The second kappa shape index (κ2) is 9.15. The molecule has 0 spiro atoms. The monoisotopic (exact) mass is 484 g/mol. The van der Waals surface area contributed by atoms with E-state index in [1.165, 1.54) is 0 Å². The zero-order valence-corrected chi connectivity index (χ0v) is 20.7. The van der Waals surface area contributed by atoms with Gasteiger partial charge in [-0.05, 0) is 28.7 Å². The molecule has 1 aliphatic rings. The molecule has 1 atom stereocenters. The first-order chi connectivity index (χ1) is 17.2. The molecule has 5 rings (SSSR count). The molecule has 2 aromatic heterocycles. The fraction of sp³-hybridized carbons (Fsp3) is 0.276. The maximum Gasteiger partial charge on any atom is 0.290 e. The molecule has 1 aliphatic heterocycles. The fourth-order valence-corrected chi connectivity index (χ4v) is 4.74. The van der Waals surface area contributed by atoms with Crippen LogP contribution < -0.4 is 4.57 Å². The number of aryl methyl sites for hydroxylation is 1. The zero-order valence-electron chi connectivity index (χ0n) is 20.7. The highest BCUT2D eigenvalue weighted by Gasteiger charge is 2.44. The van der Waals surface area contributed by atoms with Crippen LogP contribution >= 0.6 is 0 Å². The van der Waals surface area contributed by atoms with Crippen LogP contribution in [0.4, 0.5) is 0 Å². The lowest BCUT2D eigenvalue weighted by Gasteiger charge is -2.27. The number of aromatic amines is 1. The number of hydrogen-bond donors (Lipinski definition) is 2. The molecule has 1 unspecified atom stereocenters. The number of aliphatic hydroxyl groups excluding tert-OH is 1. The minimum atomic E-state index is -0.705. The number of aromatic nitrogens is 2. The minimum Gasteiger partial charge on any atom is -0.503 e. The number of ketones is 1. The molecule has 0 saturated heterocycles. The van der Waals surface area contributed by atoms with Crippen molar-refractivity contribution in [2.75, 3.05) is 6.54 Å². The smallest absolute Gasteiger partial charge is 0.290 e. The van der Waals surface area contributed by atoms with Crippen molar-refractivity contribution in [3.63, 3.8) is 0 Å². The summed E-state index contributed by atoms with van der Waals surface area (Å²) >= 11 is 0. The molecule has 3 heterocycles. The van der Waals surface area contributed by atoms with E-state index in [1.807, 2.05) is 65.8 Å². The summed E-state index contributed by atoms with van der Waals surface area (Å²) in [5, 5.41) is 11.7. The van der Waals surface area contributed by atoms with Crippen LogP contribution in [0.15, 0.2) is 89.1 Å². The Labute approximate surface area is 209 Å². The van der Waals surface area contributed by atoms with Gasteiger partial charge in [0.15, 0.2) is 11.5 Å². The molecule has 4 aromatic rings. The van der Waals surface area contributed by atoms with Gasteiger partial charge in [0.1, 0.15) is 18.0 Å². The molecule has 0 saturated carbocycles. The van der Waals surface area contributed by atoms with Crippen LogP contribution in [0.25, 0.3) is 11.0 Å². The van der Waals surface area contributed by atoms with Gasteiger partial charge < -0.3 is 14.4 Å². The molecular formula is C29H30N3O4+. The molecule has 184 valence electrons. The Morgan fingerprint density at radius 1 is 1.14 bits per heavy atom. The topological polar surface area (TPSA) is 90.4 Å². The van der Waals surface area contributed by atoms with Gasteiger partial charge in [-0.2, -0.15) is 0 Å². The van der Waals surface area contributed by atoms with Gasteiger partial charge in [-0.3, -0.25) is 14.6 Å². The van der Waals surface area contributed by atoms with Crippen molar-refractivity contribution < 1.29 is 23.7 Å². The van der Waals surface area contributed by atoms with E-state index in [1.54, 1.807) is 17.0 Å². The Kier molecular flexibility index (Phi) is 6.00. The predicted octanol–water partition coefficient (Wildman–Crippen LogP) is 5.01. The maximum atomic E-state index is 13.7. The van der Waals surface area contributed by atoms with Gasteiger partial charge in [0.2, 0.25) is 12.1 Å². The summed E-state index contributed by atoms with van der Waals surface area (Å²) in [6, 6.07) is 16.2. The Morgan fingerprint density at radius 2 is 1.89 bits per heavy atom. The summed E-state index contributed by atoms with van der Waals surface area (Å²) in [5.41, 5.74) is 2.51. The number of hydrogen-bond acceptors (Lipinski definition) is 4. The summed E-state index contributed by atoms with van der Waals surface area (Å²) in [5.74, 6) is -1.44. The lowest BCUT2D eigenvalue weighted by atomic mass is 9.85. The van der Waals surface area contributed by atoms with Crippen LogP contribution in [-0.4, -0.2) is 33.2 Å². The number of carbonyl (C=O) groups excluding carboxylic acids is 2. The lowest BCUT2D eigenvalue weighted by molar-refractivity contribution is -0.695. The lowest BCUT2D eigenvalue weighted by Crippen LogP contribution is -2.36.